The van der Waals surface area contributed by atoms with Gasteiger partial charge in [0.05, 0.1) is 6.04 Å². The Kier molecular flexibility index (Phi) is 5.45. The van der Waals surface area contributed by atoms with E-state index in [1.807, 2.05) is 38.1 Å². The molecule has 0 saturated heterocycles. The number of nitrogens with two attached hydrogens (primary N) is 1. The molecule has 0 aliphatic heterocycles. The SMILES string of the molecule is CC(CN)CC(=O)N[C@@H](C)c1ccc(Cl)cc1. The van der Waals surface area contributed by atoms with Gasteiger partial charge < -0.3 is 11.1 Å². The first kappa shape index (κ1) is 14.0. The molecule has 1 amide bonds. The highest BCUT2D eigenvalue weighted by Gasteiger charge is 2.11. The van der Waals surface area contributed by atoms with Gasteiger partial charge in [0.1, 0.15) is 0 Å². The summed E-state index contributed by atoms with van der Waals surface area (Å²) < 4.78 is 0. The van der Waals surface area contributed by atoms with Gasteiger partial charge in [0, 0.05) is 11.4 Å². The minimum Gasteiger partial charge on any atom is -0.350 e. The smallest absolute Gasteiger partial charge is 0.220 e. The van der Waals surface area contributed by atoms with E-state index < -0.39 is 0 Å². The molecule has 0 spiro atoms. The lowest BCUT2D eigenvalue weighted by molar-refractivity contribution is -0.122. The number of carbonyl (C=O) groups is 1. The maximum absolute atomic E-state index is 11.7. The van der Waals surface area contributed by atoms with Crippen LogP contribution in [0.3, 0.4) is 0 Å². The predicted molar refractivity (Wildman–Crippen MR) is 70.8 cm³/mol. The molecule has 94 valence electrons. The summed E-state index contributed by atoms with van der Waals surface area (Å²) in [6, 6.07) is 7.47. The summed E-state index contributed by atoms with van der Waals surface area (Å²) in [7, 11) is 0. The number of halogens is 1. The summed E-state index contributed by atoms with van der Waals surface area (Å²) in [4.78, 5) is 11.7. The fourth-order valence-electron chi connectivity index (χ4n) is 1.54. The molecule has 3 N–H and O–H groups in total. The standard InChI is InChI=1S/C13H19ClN2O/c1-9(8-15)7-13(17)16-10(2)11-3-5-12(14)6-4-11/h3-6,9-10H,7-8,15H2,1-2H3,(H,16,17)/t9?,10-/m0/s1. The molecule has 0 saturated carbocycles. The molecule has 0 radical (unpaired) electrons. The third kappa shape index (κ3) is 4.75. The van der Waals surface area contributed by atoms with Crippen molar-refractivity contribution in [3.05, 3.63) is 34.9 Å². The molecule has 17 heavy (non-hydrogen) atoms. The van der Waals surface area contributed by atoms with E-state index in [0.717, 1.165) is 5.56 Å². The van der Waals surface area contributed by atoms with Crippen molar-refractivity contribution in [2.24, 2.45) is 11.7 Å². The summed E-state index contributed by atoms with van der Waals surface area (Å²) in [5.41, 5.74) is 6.53. The van der Waals surface area contributed by atoms with Crippen molar-refractivity contribution in [1.82, 2.24) is 5.32 Å². The Morgan fingerprint density at radius 3 is 2.47 bits per heavy atom. The average molecular weight is 255 g/mol. The summed E-state index contributed by atoms with van der Waals surface area (Å²) >= 11 is 5.81. The Labute approximate surface area is 107 Å². The second kappa shape index (κ2) is 6.62. The number of carbonyl (C=O) groups excluding carboxylic acids is 1. The Morgan fingerprint density at radius 2 is 1.94 bits per heavy atom. The normalized spacial score (nSPS) is 14.1. The van der Waals surface area contributed by atoms with Gasteiger partial charge >= 0.3 is 0 Å². The maximum Gasteiger partial charge on any atom is 0.220 e. The third-order valence-corrected chi connectivity index (χ3v) is 2.94. The highest BCUT2D eigenvalue weighted by Crippen LogP contribution is 2.16. The van der Waals surface area contributed by atoms with Crippen molar-refractivity contribution in [3.8, 4) is 0 Å². The molecule has 0 heterocycles. The van der Waals surface area contributed by atoms with Crippen LogP contribution < -0.4 is 11.1 Å². The monoisotopic (exact) mass is 254 g/mol. The van der Waals surface area contributed by atoms with E-state index in [2.05, 4.69) is 5.32 Å². The minimum atomic E-state index is -0.00950. The Bertz CT molecular complexity index is 364. The summed E-state index contributed by atoms with van der Waals surface area (Å²) in [5, 5.41) is 3.64. The Morgan fingerprint density at radius 1 is 1.35 bits per heavy atom. The van der Waals surface area contributed by atoms with Crippen molar-refractivity contribution in [2.75, 3.05) is 6.54 Å². The van der Waals surface area contributed by atoms with Gasteiger partial charge in [0.2, 0.25) is 5.91 Å². The van der Waals surface area contributed by atoms with E-state index in [1.165, 1.54) is 0 Å². The molecule has 2 atom stereocenters. The van der Waals surface area contributed by atoms with E-state index in [1.54, 1.807) is 0 Å². The van der Waals surface area contributed by atoms with Crippen molar-refractivity contribution >= 4 is 17.5 Å². The molecule has 0 aromatic heterocycles. The van der Waals surface area contributed by atoms with Gasteiger partial charge in [-0.2, -0.15) is 0 Å². The molecule has 4 heteroatoms. The molecule has 1 aromatic rings. The van der Waals surface area contributed by atoms with Gasteiger partial charge in [-0.15, -0.1) is 0 Å². The average Bonchev–Trinajstić information content (AvgIpc) is 2.29. The van der Waals surface area contributed by atoms with Crippen LogP contribution in [0.1, 0.15) is 31.9 Å². The van der Waals surface area contributed by atoms with Crippen molar-refractivity contribution in [2.45, 2.75) is 26.3 Å². The lowest BCUT2D eigenvalue weighted by atomic mass is 10.1. The van der Waals surface area contributed by atoms with Gasteiger partial charge in [-0.3, -0.25) is 4.79 Å². The molecular formula is C13H19ClN2O. The Hall–Kier alpha value is -1.06. The lowest BCUT2D eigenvalue weighted by Crippen LogP contribution is -2.29. The molecule has 0 aliphatic carbocycles. The topological polar surface area (TPSA) is 55.1 Å². The van der Waals surface area contributed by atoms with Crippen molar-refractivity contribution in [1.29, 1.82) is 0 Å². The molecular weight excluding hydrogens is 236 g/mol. The molecule has 1 unspecified atom stereocenters. The van der Waals surface area contributed by atoms with E-state index in [0.29, 0.717) is 18.0 Å². The molecule has 0 bridgehead atoms. The number of amides is 1. The summed E-state index contributed by atoms with van der Waals surface area (Å²) in [6.07, 6.45) is 0.467. The number of hydrogen-bond donors (Lipinski definition) is 2. The van der Waals surface area contributed by atoms with Crippen LogP contribution in [0.15, 0.2) is 24.3 Å². The van der Waals surface area contributed by atoms with Crippen LogP contribution in [0.2, 0.25) is 5.02 Å². The van der Waals surface area contributed by atoms with Gasteiger partial charge in [-0.05, 0) is 37.1 Å². The van der Waals surface area contributed by atoms with Crippen LogP contribution >= 0.6 is 11.6 Å². The molecule has 0 fully saturated rings. The highest BCUT2D eigenvalue weighted by atomic mass is 35.5. The quantitative estimate of drug-likeness (QED) is 0.848. The third-order valence-electron chi connectivity index (χ3n) is 2.68. The highest BCUT2D eigenvalue weighted by molar-refractivity contribution is 6.30. The van der Waals surface area contributed by atoms with Crippen LogP contribution in [0.5, 0.6) is 0 Å². The van der Waals surface area contributed by atoms with Gasteiger partial charge in [0.15, 0.2) is 0 Å². The summed E-state index contributed by atoms with van der Waals surface area (Å²) in [6.45, 7) is 4.45. The fraction of sp³-hybridized carbons (Fsp3) is 0.462. The second-order valence-corrected chi connectivity index (χ2v) is 4.82. The first-order valence-electron chi connectivity index (χ1n) is 5.77. The summed E-state index contributed by atoms with van der Waals surface area (Å²) in [5.74, 6) is 0.248. The van der Waals surface area contributed by atoms with Crippen LogP contribution in [-0.2, 0) is 4.79 Å². The van der Waals surface area contributed by atoms with Crippen LogP contribution in [0.25, 0.3) is 0 Å². The van der Waals surface area contributed by atoms with E-state index in [-0.39, 0.29) is 17.9 Å². The number of benzene rings is 1. The Balaban J connectivity index is 2.51. The van der Waals surface area contributed by atoms with Crippen LogP contribution in [0.4, 0.5) is 0 Å². The number of nitrogens with one attached hydrogen (secondary N) is 1. The van der Waals surface area contributed by atoms with Crippen molar-refractivity contribution in [3.63, 3.8) is 0 Å². The fourth-order valence-corrected chi connectivity index (χ4v) is 1.66. The molecule has 1 rings (SSSR count). The second-order valence-electron chi connectivity index (χ2n) is 4.39. The zero-order valence-corrected chi connectivity index (χ0v) is 11.0. The first-order valence-corrected chi connectivity index (χ1v) is 6.15. The van der Waals surface area contributed by atoms with Crippen molar-refractivity contribution < 1.29 is 4.79 Å². The van der Waals surface area contributed by atoms with E-state index >= 15 is 0 Å². The van der Waals surface area contributed by atoms with E-state index in [9.17, 15) is 4.79 Å². The lowest BCUT2D eigenvalue weighted by Gasteiger charge is -2.16. The predicted octanol–water partition coefficient (Wildman–Crippen LogP) is 2.50. The minimum absolute atomic E-state index is 0.00950. The maximum atomic E-state index is 11.7. The van der Waals surface area contributed by atoms with Gasteiger partial charge in [-0.1, -0.05) is 30.7 Å². The largest absolute Gasteiger partial charge is 0.350 e. The first-order chi connectivity index (χ1) is 8.02. The molecule has 1 aromatic carbocycles. The molecule has 0 aliphatic rings. The molecule has 3 nitrogen and oxygen atoms in total. The van der Waals surface area contributed by atoms with E-state index in [4.69, 9.17) is 17.3 Å². The number of hydrogen-bond acceptors (Lipinski definition) is 2. The zero-order valence-electron chi connectivity index (χ0n) is 10.2. The van der Waals surface area contributed by atoms with Gasteiger partial charge in [-0.25, -0.2) is 0 Å². The van der Waals surface area contributed by atoms with Gasteiger partial charge in [0.25, 0.3) is 0 Å². The zero-order chi connectivity index (χ0) is 12.8. The van der Waals surface area contributed by atoms with Crippen LogP contribution in [0, 0.1) is 5.92 Å². The van der Waals surface area contributed by atoms with Crippen LogP contribution in [-0.4, -0.2) is 12.5 Å². The number of rotatable bonds is 5.